The Morgan fingerprint density at radius 1 is 1.29 bits per heavy atom. The lowest BCUT2D eigenvalue weighted by Gasteiger charge is -2.04. The minimum atomic E-state index is -1.12. The maximum atomic E-state index is 12.2. The molecule has 1 amide bonds. The summed E-state index contributed by atoms with van der Waals surface area (Å²) in [5.41, 5.74) is 2.79. The monoisotopic (exact) mass is 284 g/mol. The Hall–Kier alpha value is -3.09. The molecule has 106 valence electrons. The van der Waals surface area contributed by atoms with E-state index >= 15 is 0 Å². The first-order chi connectivity index (χ1) is 10.0. The standard InChI is InChI=1S/C14H12N4O3/c1-7-4-11(12(17-7)14(20)21)18-13(19)8-2-3-9-10(5-8)16-6-15-9/h2-6,17H,1H3,(H,15,16)(H,18,19)(H,20,21). The van der Waals surface area contributed by atoms with Crippen LogP contribution in [0, 0.1) is 6.92 Å². The summed E-state index contributed by atoms with van der Waals surface area (Å²) < 4.78 is 0. The Morgan fingerprint density at radius 3 is 2.86 bits per heavy atom. The zero-order valence-corrected chi connectivity index (χ0v) is 11.1. The van der Waals surface area contributed by atoms with E-state index in [1.165, 1.54) is 0 Å². The van der Waals surface area contributed by atoms with Gasteiger partial charge in [-0.1, -0.05) is 0 Å². The second kappa shape index (κ2) is 4.78. The summed E-state index contributed by atoms with van der Waals surface area (Å²) in [5, 5.41) is 11.7. The maximum Gasteiger partial charge on any atom is 0.354 e. The Labute approximate surface area is 119 Å². The summed E-state index contributed by atoms with van der Waals surface area (Å²) in [6.07, 6.45) is 1.55. The van der Waals surface area contributed by atoms with Gasteiger partial charge in [0.2, 0.25) is 0 Å². The van der Waals surface area contributed by atoms with E-state index in [4.69, 9.17) is 5.11 Å². The van der Waals surface area contributed by atoms with Gasteiger partial charge in [0.1, 0.15) is 5.69 Å². The van der Waals surface area contributed by atoms with E-state index in [0.717, 1.165) is 11.0 Å². The summed E-state index contributed by atoms with van der Waals surface area (Å²) >= 11 is 0. The van der Waals surface area contributed by atoms with Gasteiger partial charge in [0.05, 0.1) is 23.0 Å². The molecule has 0 unspecified atom stereocenters. The molecule has 0 aliphatic rings. The van der Waals surface area contributed by atoms with Crippen LogP contribution in [0.5, 0.6) is 0 Å². The summed E-state index contributed by atoms with van der Waals surface area (Å²) in [7, 11) is 0. The van der Waals surface area contributed by atoms with Crippen LogP contribution in [0.3, 0.4) is 0 Å². The molecule has 0 saturated carbocycles. The first-order valence-electron chi connectivity index (χ1n) is 6.22. The van der Waals surface area contributed by atoms with Crippen LogP contribution in [0.4, 0.5) is 5.69 Å². The zero-order valence-electron chi connectivity index (χ0n) is 11.1. The number of hydrogen-bond acceptors (Lipinski definition) is 3. The molecule has 3 aromatic rings. The minimum Gasteiger partial charge on any atom is -0.477 e. The lowest BCUT2D eigenvalue weighted by Crippen LogP contribution is -2.14. The van der Waals surface area contributed by atoms with E-state index in [0.29, 0.717) is 11.3 Å². The fourth-order valence-electron chi connectivity index (χ4n) is 2.13. The highest BCUT2D eigenvalue weighted by Crippen LogP contribution is 2.19. The summed E-state index contributed by atoms with van der Waals surface area (Å²) in [6, 6.07) is 6.60. The van der Waals surface area contributed by atoms with Gasteiger partial charge in [0.15, 0.2) is 0 Å². The Kier molecular flexibility index (Phi) is 2.94. The van der Waals surface area contributed by atoms with E-state index in [1.807, 2.05) is 0 Å². The third-order valence-corrected chi connectivity index (χ3v) is 3.10. The third-order valence-electron chi connectivity index (χ3n) is 3.10. The van der Waals surface area contributed by atoms with E-state index in [-0.39, 0.29) is 17.3 Å². The van der Waals surface area contributed by atoms with Gasteiger partial charge in [-0.2, -0.15) is 0 Å². The number of carbonyl (C=O) groups excluding carboxylic acids is 1. The van der Waals surface area contributed by atoms with E-state index in [9.17, 15) is 9.59 Å². The van der Waals surface area contributed by atoms with Gasteiger partial charge in [-0.05, 0) is 31.2 Å². The number of imidazole rings is 1. The molecule has 2 heterocycles. The molecule has 3 rings (SSSR count). The number of amides is 1. The van der Waals surface area contributed by atoms with Crippen molar-refractivity contribution in [3.8, 4) is 0 Å². The number of nitrogens with zero attached hydrogens (tertiary/aromatic N) is 1. The number of anilines is 1. The molecular formula is C14H12N4O3. The van der Waals surface area contributed by atoms with Crippen molar-refractivity contribution in [2.45, 2.75) is 6.92 Å². The number of H-pyrrole nitrogens is 2. The number of fused-ring (bicyclic) bond motifs is 1. The van der Waals surface area contributed by atoms with E-state index < -0.39 is 5.97 Å². The van der Waals surface area contributed by atoms with Crippen molar-refractivity contribution >= 4 is 28.6 Å². The fourth-order valence-corrected chi connectivity index (χ4v) is 2.13. The van der Waals surface area contributed by atoms with Gasteiger partial charge in [0, 0.05) is 11.3 Å². The number of nitrogens with one attached hydrogen (secondary N) is 3. The highest BCUT2D eigenvalue weighted by atomic mass is 16.4. The van der Waals surface area contributed by atoms with Crippen LogP contribution in [0.2, 0.25) is 0 Å². The summed E-state index contributed by atoms with van der Waals surface area (Å²) in [6.45, 7) is 1.72. The number of carboxylic acids is 1. The van der Waals surface area contributed by atoms with Crippen LogP contribution in [0.1, 0.15) is 26.5 Å². The van der Waals surface area contributed by atoms with Crippen molar-refractivity contribution in [1.82, 2.24) is 15.0 Å². The average Bonchev–Trinajstić information content (AvgIpc) is 3.04. The third kappa shape index (κ3) is 2.36. The molecule has 21 heavy (non-hydrogen) atoms. The van der Waals surface area contributed by atoms with Gasteiger partial charge in [0.25, 0.3) is 5.91 Å². The lowest BCUT2D eigenvalue weighted by molar-refractivity contribution is 0.0692. The maximum absolute atomic E-state index is 12.2. The van der Waals surface area contributed by atoms with Gasteiger partial charge in [-0.15, -0.1) is 0 Å². The van der Waals surface area contributed by atoms with Crippen molar-refractivity contribution in [3.63, 3.8) is 0 Å². The highest BCUT2D eigenvalue weighted by molar-refractivity contribution is 6.08. The summed E-state index contributed by atoms with van der Waals surface area (Å²) in [5.74, 6) is -1.50. The van der Waals surface area contributed by atoms with E-state index in [2.05, 4.69) is 20.3 Å². The molecule has 0 radical (unpaired) electrons. The molecule has 0 atom stereocenters. The SMILES string of the molecule is Cc1cc(NC(=O)c2ccc3nc[nH]c3c2)c(C(=O)O)[nH]1. The molecule has 1 aromatic carbocycles. The number of aryl methyl sites for hydroxylation is 1. The number of rotatable bonds is 3. The Balaban J connectivity index is 1.90. The molecule has 2 aromatic heterocycles. The van der Waals surface area contributed by atoms with Crippen molar-refractivity contribution in [2.75, 3.05) is 5.32 Å². The van der Waals surface area contributed by atoms with Gasteiger partial charge >= 0.3 is 5.97 Å². The molecule has 4 N–H and O–H groups in total. The first kappa shape index (κ1) is 12.9. The van der Waals surface area contributed by atoms with Crippen LogP contribution < -0.4 is 5.32 Å². The second-order valence-corrected chi connectivity index (χ2v) is 4.63. The van der Waals surface area contributed by atoms with Crippen LogP contribution in [0.15, 0.2) is 30.6 Å². The topological polar surface area (TPSA) is 111 Å². The smallest absolute Gasteiger partial charge is 0.354 e. The molecule has 7 nitrogen and oxygen atoms in total. The number of benzene rings is 1. The summed E-state index contributed by atoms with van der Waals surface area (Å²) in [4.78, 5) is 33.0. The minimum absolute atomic E-state index is 0.0385. The van der Waals surface area contributed by atoms with Gasteiger partial charge < -0.3 is 20.4 Å². The van der Waals surface area contributed by atoms with Crippen LogP contribution >= 0.6 is 0 Å². The normalized spacial score (nSPS) is 10.7. The van der Waals surface area contributed by atoms with E-state index in [1.54, 1.807) is 37.5 Å². The molecule has 7 heteroatoms. The van der Waals surface area contributed by atoms with Crippen molar-refractivity contribution in [1.29, 1.82) is 0 Å². The number of hydrogen-bond donors (Lipinski definition) is 4. The predicted molar refractivity (Wildman–Crippen MR) is 76.5 cm³/mol. The Morgan fingerprint density at radius 2 is 2.10 bits per heavy atom. The number of aromatic nitrogens is 3. The molecule has 0 bridgehead atoms. The fraction of sp³-hybridized carbons (Fsp3) is 0.0714. The van der Waals surface area contributed by atoms with Crippen molar-refractivity contribution < 1.29 is 14.7 Å². The van der Waals surface area contributed by atoms with Crippen LogP contribution in [-0.2, 0) is 0 Å². The zero-order chi connectivity index (χ0) is 15.0. The molecule has 0 spiro atoms. The first-order valence-corrected chi connectivity index (χ1v) is 6.22. The number of carbonyl (C=O) groups is 2. The lowest BCUT2D eigenvalue weighted by atomic mass is 10.2. The van der Waals surface area contributed by atoms with Crippen molar-refractivity contribution in [3.05, 3.63) is 47.5 Å². The van der Waals surface area contributed by atoms with Crippen molar-refractivity contribution in [2.24, 2.45) is 0 Å². The second-order valence-electron chi connectivity index (χ2n) is 4.63. The number of aromatic amines is 2. The number of aromatic carboxylic acids is 1. The Bertz CT molecular complexity index is 847. The largest absolute Gasteiger partial charge is 0.477 e. The molecule has 0 fully saturated rings. The molecular weight excluding hydrogens is 272 g/mol. The highest BCUT2D eigenvalue weighted by Gasteiger charge is 2.16. The molecule has 0 saturated heterocycles. The average molecular weight is 284 g/mol. The predicted octanol–water partition coefficient (Wildman–Crippen LogP) is 2.15. The molecule has 0 aliphatic carbocycles. The quantitative estimate of drug-likeness (QED) is 0.590. The van der Waals surface area contributed by atoms with Gasteiger partial charge in [-0.3, -0.25) is 4.79 Å². The number of carboxylic acid groups (broad SMARTS) is 1. The van der Waals surface area contributed by atoms with Gasteiger partial charge in [-0.25, -0.2) is 9.78 Å². The van der Waals surface area contributed by atoms with Crippen LogP contribution in [0.25, 0.3) is 11.0 Å². The molecule has 0 aliphatic heterocycles. The van der Waals surface area contributed by atoms with Crippen LogP contribution in [-0.4, -0.2) is 31.9 Å².